The number of nitrogens with zero attached hydrogens (tertiary/aromatic N) is 2. The summed E-state index contributed by atoms with van der Waals surface area (Å²) >= 11 is 0. The number of ether oxygens (including phenoxy) is 1. The molecule has 2 aromatic rings. The Morgan fingerprint density at radius 3 is 1.94 bits per heavy atom. The lowest BCUT2D eigenvalue weighted by molar-refractivity contribution is -0.270. The maximum absolute atomic E-state index is 15.1. The van der Waals surface area contributed by atoms with E-state index < -0.39 is 59.6 Å². The normalized spacial score (nSPS) is 24.8. The first-order valence-corrected chi connectivity index (χ1v) is 16.8. The predicted molar refractivity (Wildman–Crippen MR) is 179 cm³/mol. The van der Waals surface area contributed by atoms with Gasteiger partial charge < -0.3 is 27.3 Å². The van der Waals surface area contributed by atoms with Gasteiger partial charge in [0.05, 0.1) is 17.8 Å². The summed E-state index contributed by atoms with van der Waals surface area (Å²) in [6.45, 7) is 4.71. The zero-order valence-corrected chi connectivity index (χ0v) is 28.3. The van der Waals surface area contributed by atoms with E-state index in [1.54, 1.807) is 51.1 Å². The molecular weight excluding hydrogens is 637 g/mol. The van der Waals surface area contributed by atoms with Gasteiger partial charge in [-0.2, -0.15) is 13.2 Å². The molecule has 0 saturated heterocycles. The quantitative estimate of drug-likeness (QED) is 0.147. The molecule has 2 aromatic carbocycles. The van der Waals surface area contributed by atoms with Gasteiger partial charge in [0.15, 0.2) is 5.96 Å². The minimum atomic E-state index is -5.27. The number of carbonyl (C=O) groups is 3. The summed E-state index contributed by atoms with van der Waals surface area (Å²) in [5, 5.41) is 2.46. The summed E-state index contributed by atoms with van der Waals surface area (Å²) in [4.78, 5) is 47.2. The van der Waals surface area contributed by atoms with Gasteiger partial charge >= 0.3 is 6.18 Å². The molecule has 49 heavy (non-hydrogen) atoms. The minimum absolute atomic E-state index is 0.176. The fraction of sp³-hybridized carbons (Fsp3) is 0.556. The van der Waals surface area contributed by atoms with Gasteiger partial charge in [-0.1, -0.05) is 42.5 Å². The molecule has 6 rings (SSSR count). The van der Waals surface area contributed by atoms with Crippen molar-refractivity contribution in [3.63, 3.8) is 0 Å². The van der Waals surface area contributed by atoms with Gasteiger partial charge in [0.25, 0.3) is 11.7 Å². The van der Waals surface area contributed by atoms with Crippen molar-refractivity contribution in [2.45, 2.75) is 101 Å². The van der Waals surface area contributed by atoms with E-state index in [-0.39, 0.29) is 12.4 Å². The largest absolute Gasteiger partial charge is 0.452 e. The molecule has 4 saturated carbocycles. The number of carbonyl (C=O) groups excluding carboxylic acids is 3. The van der Waals surface area contributed by atoms with Crippen LogP contribution in [0.15, 0.2) is 59.6 Å². The Balaban J connectivity index is 1.63. The monoisotopic (exact) mass is 684 g/mol. The second-order valence-corrected chi connectivity index (χ2v) is 15.0. The summed E-state index contributed by atoms with van der Waals surface area (Å²) in [5.41, 5.74) is 14.1. The van der Waals surface area contributed by atoms with Crippen molar-refractivity contribution in [1.29, 1.82) is 0 Å². The SMILES string of the molecule is CC(C)(C)N(C(=O)CN)[C@](Cc1ccccc1)(OC12CC3CC(CC(C3)C1)C2)C(=O)NC(Cc1ccc(N=C(N)N)cc1)C(=O)C(F)(F)F. The number of alkyl halides is 3. The second kappa shape index (κ2) is 13.7. The van der Waals surface area contributed by atoms with Crippen molar-refractivity contribution < 1.29 is 32.3 Å². The molecule has 0 aromatic heterocycles. The number of rotatable bonds is 12. The molecule has 10 nitrogen and oxygen atoms in total. The van der Waals surface area contributed by atoms with Gasteiger partial charge in [-0.15, -0.1) is 0 Å². The predicted octanol–water partition coefficient (Wildman–Crippen LogP) is 4.26. The summed E-state index contributed by atoms with van der Waals surface area (Å²) < 4.78 is 49.7. The average Bonchev–Trinajstić information content (AvgIpc) is 2.99. The third-order valence-electron chi connectivity index (χ3n) is 10.0. The van der Waals surface area contributed by atoms with Crippen LogP contribution < -0.4 is 22.5 Å². The van der Waals surface area contributed by atoms with Crippen molar-refractivity contribution in [2.24, 2.45) is 39.9 Å². The summed E-state index contributed by atoms with van der Waals surface area (Å²) in [6, 6.07) is 12.8. The maximum atomic E-state index is 15.1. The van der Waals surface area contributed by atoms with Gasteiger partial charge in [-0.25, -0.2) is 4.99 Å². The molecule has 266 valence electrons. The molecule has 4 bridgehead atoms. The molecule has 1 unspecified atom stereocenters. The highest BCUT2D eigenvalue weighted by atomic mass is 19.4. The van der Waals surface area contributed by atoms with Crippen LogP contribution in [0.4, 0.5) is 18.9 Å². The first-order chi connectivity index (χ1) is 22.9. The van der Waals surface area contributed by atoms with Gasteiger partial charge in [0.2, 0.25) is 11.6 Å². The first-order valence-electron chi connectivity index (χ1n) is 16.8. The zero-order chi connectivity index (χ0) is 35.8. The maximum Gasteiger partial charge on any atom is 0.452 e. The van der Waals surface area contributed by atoms with E-state index in [1.807, 2.05) is 0 Å². The van der Waals surface area contributed by atoms with Crippen molar-refractivity contribution in [3.05, 3.63) is 65.7 Å². The Bertz CT molecular complexity index is 1520. The Morgan fingerprint density at radius 2 is 1.47 bits per heavy atom. The van der Waals surface area contributed by atoms with Crippen LogP contribution in [0.25, 0.3) is 0 Å². The molecule has 0 radical (unpaired) electrons. The Kier molecular flexibility index (Phi) is 10.2. The van der Waals surface area contributed by atoms with Gasteiger partial charge in [0, 0.05) is 18.4 Å². The lowest BCUT2D eigenvalue weighted by Gasteiger charge is -2.60. The Labute approximate surface area is 285 Å². The van der Waals surface area contributed by atoms with Crippen molar-refractivity contribution >= 4 is 29.2 Å². The number of benzene rings is 2. The summed E-state index contributed by atoms with van der Waals surface area (Å²) in [7, 11) is 0. The molecule has 0 spiro atoms. The van der Waals surface area contributed by atoms with Crippen LogP contribution in [-0.2, 0) is 32.0 Å². The number of nitrogens with one attached hydrogen (secondary N) is 1. The number of hydrogen-bond donors (Lipinski definition) is 4. The zero-order valence-electron chi connectivity index (χ0n) is 28.3. The number of nitrogens with two attached hydrogens (primary N) is 3. The van der Waals surface area contributed by atoms with Crippen LogP contribution >= 0.6 is 0 Å². The van der Waals surface area contributed by atoms with E-state index in [1.165, 1.54) is 29.2 Å². The molecule has 2 atom stereocenters. The smallest absolute Gasteiger partial charge is 0.370 e. The van der Waals surface area contributed by atoms with Crippen molar-refractivity contribution in [2.75, 3.05) is 6.54 Å². The van der Waals surface area contributed by atoms with Crippen LogP contribution in [-0.4, -0.2) is 64.1 Å². The van der Waals surface area contributed by atoms with Crippen LogP contribution in [0.2, 0.25) is 0 Å². The van der Waals surface area contributed by atoms with Crippen LogP contribution in [0.5, 0.6) is 0 Å². The molecule has 13 heteroatoms. The number of amides is 2. The highest BCUT2D eigenvalue weighted by Gasteiger charge is 2.61. The minimum Gasteiger partial charge on any atom is -0.370 e. The van der Waals surface area contributed by atoms with Gasteiger partial charge in [-0.3, -0.25) is 19.3 Å². The Morgan fingerprint density at radius 1 is 0.918 bits per heavy atom. The number of aliphatic imine (C=N–C) groups is 1. The van der Waals surface area contributed by atoms with E-state index in [2.05, 4.69) is 10.3 Å². The van der Waals surface area contributed by atoms with E-state index in [0.29, 0.717) is 53.8 Å². The molecular formula is C36H47F3N6O4. The summed E-state index contributed by atoms with van der Waals surface area (Å²) in [5.74, 6) is -2.80. The van der Waals surface area contributed by atoms with E-state index >= 15 is 4.79 Å². The lowest BCUT2D eigenvalue weighted by atomic mass is 9.54. The molecule has 0 heterocycles. The average molecular weight is 685 g/mol. The number of guanidine groups is 1. The van der Waals surface area contributed by atoms with Crippen LogP contribution in [0.1, 0.15) is 70.4 Å². The molecule has 4 aliphatic rings. The van der Waals surface area contributed by atoms with Gasteiger partial charge in [-0.05, 0) is 100 Å². The number of hydrogen-bond acceptors (Lipinski definition) is 6. The molecule has 4 fully saturated rings. The standard InChI is InChI=1S/C36H47F3N6O4/c1-33(2,3)45(29(46)21-40)35(20-23-7-5-4-6-8-23,49-34-17-24-13-25(18-34)15-26(14-24)19-34)31(48)44-28(30(47)36(37,38)39)16-22-9-11-27(12-10-22)43-32(41)42/h4-12,24-26,28H,13-21,40H2,1-3H3,(H,44,48)(H4,41,42,43)/t24?,25?,26?,28?,34?,35-/m1/s1. The molecule has 0 aliphatic heterocycles. The fourth-order valence-electron chi connectivity index (χ4n) is 8.75. The number of ketones is 1. The van der Waals surface area contributed by atoms with Crippen LogP contribution in [0, 0.1) is 17.8 Å². The van der Waals surface area contributed by atoms with E-state index in [0.717, 1.165) is 19.3 Å². The third kappa shape index (κ3) is 8.09. The second-order valence-electron chi connectivity index (χ2n) is 15.0. The van der Waals surface area contributed by atoms with E-state index in [4.69, 9.17) is 21.9 Å². The Hall–Kier alpha value is -3.97. The van der Waals surface area contributed by atoms with Crippen LogP contribution in [0.3, 0.4) is 0 Å². The number of halogens is 3. The summed E-state index contributed by atoms with van der Waals surface area (Å²) in [6.07, 6.45) is -0.730. The third-order valence-corrected chi connectivity index (χ3v) is 10.0. The highest BCUT2D eigenvalue weighted by molar-refractivity contribution is 5.97. The highest BCUT2D eigenvalue weighted by Crippen LogP contribution is 2.58. The topological polar surface area (TPSA) is 166 Å². The van der Waals surface area contributed by atoms with Crippen molar-refractivity contribution in [1.82, 2.24) is 10.2 Å². The fourth-order valence-corrected chi connectivity index (χ4v) is 8.75. The first kappa shape index (κ1) is 36.3. The molecule has 2 amide bonds. The molecule has 4 aliphatic carbocycles. The molecule has 7 N–H and O–H groups in total. The number of Topliss-reactive ketones (excluding diaryl/α,β-unsaturated/α-hetero) is 1. The van der Waals surface area contributed by atoms with Gasteiger partial charge in [0.1, 0.15) is 6.04 Å². The van der Waals surface area contributed by atoms with Crippen molar-refractivity contribution in [3.8, 4) is 0 Å². The lowest BCUT2D eigenvalue weighted by Crippen LogP contribution is -2.73. The van der Waals surface area contributed by atoms with E-state index in [9.17, 15) is 22.8 Å².